The van der Waals surface area contributed by atoms with Crippen molar-refractivity contribution in [3.8, 4) is 0 Å². The maximum absolute atomic E-state index is 14.3. The largest absolute Gasteiger partial charge is 0.416 e. The Morgan fingerprint density at radius 3 is 1.86 bits per heavy atom. The molecule has 0 radical (unpaired) electrons. The van der Waals surface area contributed by atoms with Crippen molar-refractivity contribution in [2.24, 2.45) is 5.92 Å². The normalized spacial score (nSPS) is 14.9. The number of alkyl halides is 3. The Morgan fingerprint density at radius 1 is 0.750 bits per heavy atom. The van der Waals surface area contributed by atoms with Gasteiger partial charge in [0.25, 0.3) is 0 Å². The fraction of sp³-hybridized carbons (Fsp3) is 0.289. The summed E-state index contributed by atoms with van der Waals surface area (Å²) >= 11 is 0. The first-order chi connectivity index (χ1) is 21.3. The number of carbonyl (C=O) groups excluding carboxylic acids is 1. The van der Waals surface area contributed by atoms with Crippen LogP contribution in [0.15, 0.2) is 128 Å². The second-order valence-corrected chi connectivity index (χ2v) is 11.6. The lowest BCUT2D eigenvalue weighted by atomic mass is 9.89. The number of halogens is 3. The summed E-state index contributed by atoms with van der Waals surface area (Å²) in [4.78, 5) is 18.4. The predicted octanol–water partition coefficient (Wildman–Crippen LogP) is 8.36. The van der Waals surface area contributed by atoms with Crippen molar-refractivity contribution in [1.82, 2.24) is 9.80 Å². The van der Waals surface area contributed by atoms with Gasteiger partial charge >= 0.3 is 6.18 Å². The van der Waals surface area contributed by atoms with Gasteiger partial charge in [0.1, 0.15) is 6.04 Å². The molecule has 44 heavy (non-hydrogen) atoms. The summed E-state index contributed by atoms with van der Waals surface area (Å²) in [6.07, 6.45) is 3.54. The number of amides is 1. The van der Waals surface area contributed by atoms with Crippen molar-refractivity contribution in [2.75, 3.05) is 13.1 Å². The number of hydrogen-bond acceptors (Lipinski definition) is 2. The smallest absolute Gasteiger partial charge is 0.361 e. The summed E-state index contributed by atoms with van der Waals surface area (Å²) in [5, 5.41) is 0. The molecule has 0 aromatic heterocycles. The molecule has 4 aromatic rings. The van der Waals surface area contributed by atoms with E-state index >= 15 is 0 Å². The highest BCUT2D eigenvalue weighted by atomic mass is 19.4. The van der Waals surface area contributed by atoms with E-state index in [2.05, 4.69) is 53.4 Å². The van der Waals surface area contributed by atoms with Gasteiger partial charge in [0.05, 0.1) is 5.56 Å². The van der Waals surface area contributed by atoms with Crippen LogP contribution in [0.25, 0.3) is 0 Å². The van der Waals surface area contributed by atoms with E-state index in [0.717, 1.165) is 61.2 Å². The van der Waals surface area contributed by atoms with Crippen LogP contribution >= 0.6 is 0 Å². The molecule has 0 bridgehead atoms. The Balaban J connectivity index is 1.35. The zero-order valence-electron chi connectivity index (χ0n) is 24.9. The minimum Gasteiger partial charge on any atom is -0.361 e. The summed E-state index contributed by atoms with van der Waals surface area (Å²) in [6, 6.07) is 35.5. The van der Waals surface area contributed by atoms with E-state index in [1.807, 2.05) is 59.6 Å². The predicted molar refractivity (Wildman–Crippen MR) is 170 cm³/mol. The minimum absolute atomic E-state index is 0.113. The zero-order chi connectivity index (χ0) is 30.8. The van der Waals surface area contributed by atoms with Crippen LogP contribution < -0.4 is 0 Å². The first kappa shape index (κ1) is 31.1. The standard InChI is InChI=1S/C38H39F3N2O/c39-38(40,41)35-20-18-30(19-21-35)17-10-24-43(29-34-15-8-3-9-16-34)36(28-32-13-6-2-7-14-32)37(44)42-25-22-33(23-26-42)27-31-11-4-1-5-12-31/h1-16,18-21,24,33,36H,17,22-23,25-29H2/t36-/m0/s1. The Morgan fingerprint density at radius 2 is 1.30 bits per heavy atom. The van der Waals surface area contributed by atoms with Gasteiger partial charge in [0.15, 0.2) is 0 Å². The summed E-state index contributed by atoms with van der Waals surface area (Å²) in [5.74, 6) is 0.667. The summed E-state index contributed by atoms with van der Waals surface area (Å²) < 4.78 is 39.1. The quantitative estimate of drug-likeness (QED) is 0.174. The van der Waals surface area contributed by atoms with Crippen LogP contribution in [-0.2, 0) is 36.8 Å². The van der Waals surface area contributed by atoms with E-state index in [1.165, 1.54) is 17.7 Å². The molecular formula is C38H39F3N2O. The highest BCUT2D eigenvalue weighted by Gasteiger charge is 2.32. The molecule has 1 heterocycles. The molecular weight excluding hydrogens is 557 g/mol. The zero-order valence-corrected chi connectivity index (χ0v) is 24.9. The third kappa shape index (κ3) is 8.85. The fourth-order valence-corrected chi connectivity index (χ4v) is 5.91. The highest BCUT2D eigenvalue weighted by molar-refractivity contribution is 5.82. The molecule has 1 atom stereocenters. The minimum atomic E-state index is -4.36. The van der Waals surface area contributed by atoms with Crippen molar-refractivity contribution in [3.05, 3.63) is 155 Å². The van der Waals surface area contributed by atoms with Gasteiger partial charge in [-0.3, -0.25) is 4.79 Å². The van der Waals surface area contributed by atoms with Crippen LogP contribution in [0.1, 0.15) is 40.7 Å². The van der Waals surface area contributed by atoms with Gasteiger partial charge in [-0.05, 0) is 72.2 Å². The van der Waals surface area contributed by atoms with Gasteiger partial charge in [0.2, 0.25) is 5.91 Å². The molecule has 1 saturated heterocycles. The van der Waals surface area contributed by atoms with Gasteiger partial charge in [0, 0.05) is 26.1 Å². The van der Waals surface area contributed by atoms with Crippen LogP contribution in [0.4, 0.5) is 13.2 Å². The average molecular weight is 597 g/mol. The molecule has 0 N–H and O–H groups in total. The van der Waals surface area contributed by atoms with Crippen molar-refractivity contribution in [2.45, 2.75) is 50.9 Å². The number of allylic oxidation sites excluding steroid dienone is 1. The lowest BCUT2D eigenvalue weighted by Gasteiger charge is -2.38. The van der Waals surface area contributed by atoms with E-state index in [-0.39, 0.29) is 5.91 Å². The van der Waals surface area contributed by atoms with Gasteiger partial charge in [-0.25, -0.2) is 0 Å². The van der Waals surface area contributed by atoms with E-state index < -0.39 is 17.8 Å². The number of likely N-dealkylation sites (tertiary alicyclic amines) is 1. The third-order valence-corrected chi connectivity index (χ3v) is 8.39. The maximum atomic E-state index is 14.3. The fourth-order valence-electron chi connectivity index (χ4n) is 5.91. The molecule has 1 aliphatic heterocycles. The maximum Gasteiger partial charge on any atom is 0.416 e. The molecule has 0 saturated carbocycles. The van der Waals surface area contributed by atoms with Gasteiger partial charge in [-0.15, -0.1) is 0 Å². The number of hydrogen-bond donors (Lipinski definition) is 0. The van der Waals surface area contributed by atoms with Gasteiger partial charge in [-0.1, -0.05) is 109 Å². The second kappa shape index (κ2) is 14.9. The number of nitrogens with zero attached hydrogens (tertiary/aromatic N) is 2. The molecule has 0 spiro atoms. The van der Waals surface area contributed by atoms with Crippen LogP contribution in [0.5, 0.6) is 0 Å². The Hall–Kier alpha value is -4.32. The molecule has 1 fully saturated rings. The molecule has 0 aliphatic carbocycles. The number of carbonyl (C=O) groups is 1. The Kier molecular flexibility index (Phi) is 10.5. The Bertz CT molecular complexity index is 1460. The SMILES string of the molecule is O=C([C@H](Cc1ccccc1)N(C=CCc1ccc(C(F)(F)F)cc1)Cc1ccccc1)N1CCC(Cc2ccccc2)CC1. The number of benzene rings is 4. The first-order valence-electron chi connectivity index (χ1n) is 15.3. The average Bonchev–Trinajstić information content (AvgIpc) is 3.05. The van der Waals surface area contributed by atoms with Gasteiger partial charge < -0.3 is 9.80 Å². The topological polar surface area (TPSA) is 23.6 Å². The van der Waals surface area contributed by atoms with E-state index in [1.54, 1.807) is 0 Å². The molecule has 228 valence electrons. The molecule has 1 amide bonds. The van der Waals surface area contributed by atoms with Crippen molar-refractivity contribution >= 4 is 5.91 Å². The lowest BCUT2D eigenvalue weighted by molar-refractivity contribution is -0.138. The third-order valence-electron chi connectivity index (χ3n) is 8.39. The van der Waals surface area contributed by atoms with Crippen LogP contribution in [0.3, 0.4) is 0 Å². The summed E-state index contributed by atoms with van der Waals surface area (Å²) in [7, 11) is 0. The summed E-state index contributed by atoms with van der Waals surface area (Å²) in [6.45, 7) is 2.00. The van der Waals surface area contributed by atoms with Crippen LogP contribution in [0.2, 0.25) is 0 Å². The lowest BCUT2D eigenvalue weighted by Crippen LogP contribution is -2.50. The number of piperidine rings is 1. The molecule has 1 aliphatic rings. The highest BCUT2D eigenvalue weighted by Crippen LogP contribution is 2.29. The molecule has 4 aromatic carbocycles. The van der Waals surface area contributed by atoms with Crippen molar-refractivity contribution < 1.29 is 18.0 Å². The van der Waals surface area contributed by atoms with Crippen LogP contribution in [-0.4, -0.2) is 34.8 Å². The van der Waals surface area contributed by atoms with E-state index in [4.69, 9.17) is 0 Å². The summed E-state index contributed by atoms with van der Waals surface area (Å²) in [5.41, 5.74) is 3.63. The van der Waals surface area contributed by atoms with Crippen molar-refractivity contribution in [3.63, 3.8) is 0 Å². The van der Waals surface area contributed by atoms with Crippen molar-refractivity contribution in [1.29, 1.82) is 0 Å². The van der Waals surface area contributed by atoms with Crippen LogP contribution in [0, 0.1) is 5.92 Å². The second-order valence-electron chi connectivity index (χ2n) is 11.6. The molecule has 6 heteroatoms. The number of rotatable bonds is 11. The molecule has 3 nitrogen and oxygen atoms in total. The van der Waals surface area contributed by atoms with E-state index in [9.17, 15) is 18.0 Å². The molecule has 0 unspecified atom stereocenters. The van der Waals surface area contributed by atoms with E-state index in [0.29, 0.717) is 25.3 Å². The monoisotopic (exact) mass is 596 g/mol. The first-order valence-corrected chi connectivity index (χ1v) is 15.3. The van der Waals surface area contributed by atoms with Gasteiger partial charge in [-0.2, -0.15) is 13.2 Å². The Labute approximate surface area is 258 Å². The molecule has 5 rings (SSSR count).